The van der Waals surface area contributed by atoms with Crippen LogP contribution in [0.2, 0.25) is 0 Å². The molecule has 0 saturated heterocycles. The van der Waals surface area contributed by atoms with Gasteiger partial charge in [0.1, 0.15) is 17.3 Å². The van der Waals surface area contributed by atoms with Gasteiger partial charge in [0, 0.05) is 17.0 Å². The number of pyridine rings is 1. The molecule has 0 fully saturated rings. The lowest BCUT2D eigenvalue weighted by Gasteiger charge is -2.08. The molecule has 110 valence electrons. The molecule has 5 nitrogen and oxygen atoms in total. The van der Waals surface area contributed by atoms with E-state index in [9.17, 15) is 14.3 Å². The van der Waals surface area contributed by atoms with E-state index < -0.39 is 5.91 Å². The maximum atomic E-state index is 12.9. The van der Waals surface area contributed by atoms with Crippen LogP contribution in [-0.4, -0.2) is 16.0 Å². The third-order valence-electron chi connectivity index (χ3n) is 3.12. The maximum absolute atomic E-state index is 12.9. The number of hydrogen-bond donors (Lipinski definition) is 2. The van der Waals surface area contributed by atoms with Crippen molar-refractivity contribution in [2.24, 2.45) is 5.73 Å². The number of fused-ring (bicyclic) bond motifs is 1. The van der Waals surface area contributed by atoms with Gasteiger partial charge in [-0.15, -0.1) is 0 Å². The molecule has 3 aromatic rings. The molecule has 6 heteroatoms. The van der Waals surface area contributed by atoms with Crippen LogP contribution >= 0.6 is 0 Å². The Balaban J connectivity index is 1.98. The Labute approximate surface area is 124 Å². The molecule has 0 radical (unpaired) electrons. The average Bonchev–Trinajstić information content (AvgIpc) is 2.49. The number of ether oxygens (including phenoxy) is 1. The van der Waals surface area contributed by atoms with Crippen LogP contribution in [0.25, 0.3) is 10.8 Å². The van der Waals surface area contributed by atoms with E-state index in [4.69, 9.17) is 10.5 Å². The smallest absolute Gasteiger partial charge is 0.271 e. The van der Waals surface area contributed by atoms with Crippen LogP contribution in [0.4, 0.5) is 4.39 Å². The highest BCUT2D eigenvalue weighted by Crippen LogP contribution is 2.31. The number of amides is 1. The SMILES string of the molecule is NC(=O)c1ncc2cc(Oc3ccc(F)cc3)ccc2c1O. The summed E-state index contributed by atoms with van der Waals surface area (Å²) < 4.78 is 18.4. The van der Waals surface area contributed by atoms with Crippen molar-refractivity contribution in [1.82, 2.24) is 4.98 Å². The number of aromatic hydroxyl groups is 1. The van der Waals surface area contributed by atoms with Crippen molar-refractivity contribution in [3.8, 4) is 17.2 Å². The molecule has 2 aromatic carbocycles. The predicted octanol–water partition coefficient (Wildman–Crippen LogP) is 2.97. The van der Waals surface area contributed by atoms with Gasteiger partial charge in [0.2, 0.25) is 0 Å². The minimum atomic E-state index is -0.800. The summed E-state index contributed by atoms with van der Waals surface area (Å²) in [5.74, 6) is -0.442. The number of rotatable bonds is 3. The minimum absolute atomic E-state index is 0.181. The first kappa shape index (κ1) is 13.8. The zero-order valence-electron chi connectivity index (χ0n) is 11.3. The van der Waals surface area contributed by atoms with Crippen LogP contribution in [0.1, 0.15) is 10.5 Å². The molecule has 1 amide bonds. The van der Waals surface area contributed by atoms with Crippen molar-refractivity contribution in [2.45, 2.75) is 0 Å². The molecule has 1 aromatic heterocycles. The van der Waals surface area contributed by atoms with E-state index in [1.54, 1.807) is 18.2 Å². The van der Waals surface area contributed by atoms with Crippen LogP contribution in [0, 0.1) is 5.82 Å². The molecular weight excluding hydrogens is 287 g/mol. The summed E-state index contributed by atoms with van der Waals surface area (Å²) in [6, 6.07) is 10.5. The van der Waals surface area contributed by atoms with E-state index >= 15 is 0 Å². The van der Waals surface area contributed by atoms with Gasteiger partial charge in [-0.05, 0) is 42.5 Å². The molecule has 1 heterocycles. The number of carbonyl (C=O) groups excluding carboxylic acids is 1. The molecule has 0 aliphatic carbocycles. The lowest BCUT2D eigenvalue weighted by Crippen LogP contribution is -2.13. The van der Waals surface area contributed by atoms with Crippen LogP contribution in [0.5, 0.6) is 17.2 Å². The van der Waals surface area contributed by atoms with Crippen molar-refractivity contribution in [1.29, 1.82) is 0 Å². The molecule has 0 bridgehead atoms. The van der Waals surface area contributed by atoms with E-state index in [1.807, 2.05) is 0 Å². The number of nitrogens with two attached hydrogens (primary N) is 1. The van der Waals surface area contributed by atoms with Gasteiger partial charge in [-0.25, -0.2) is 9.37 Å². The lowest BCUT2D eigenvalue weighted by molar-refractivity contribution is 0.0993. The molecule has 0 atom stereocenters. The first-order chi connectivity index (χ1) is 10.5. The zero-order chi connectivity index (χ0) is 15.7. The highest BCUT2D eigenvalue weighted by Gasteiger charge is 2.13. The fourth-order valence-electron chi connectivity index (χ4n) is 2.07. The summed E-state index contributed by atoms with van der Waals surface area (Å²) in [5.41, 5.74) is 4.95. The number of halogens is 1. The van der Waals surface area contributed by atoms with Crippen molar-refractivity contribution >= 4 is 16.7 Å². The highest BCUT2D eigenvalue weighted by molar-refractivity contribution is 6.00. The number of primary amides is 1. The van der Waals surface area contributed by atoms with E-state index in [1.165, 1.54) is 30.5 Å². The highest BCUT2D eigenvalue weighted by atomic mass is 19.1. The molecular formula is C16H11FN2O3. The fraction of sp³-hybridized carbons (Fsp3) is 0. The summed E-state index contributed by atoms with van der Waals surface area (Å²) in [6.45, 7) is 0. The molecule has 0 unspecified atom stereocenters. The fourth-order valence-corrected chi connectivity index (χ4v) is 2.07. The largest absolute Gasteiger partial charge is 0.505 e. The minimum Gasteiger partial charge on any atom is -0.505 e. The molecule has 3 N–H and O–H groups in total. The van der Waals surface area contributed by atoms with Crippen molar-refractivity contribution < 1.29 is 19.0 Å². The number of benzene rings is 2. The average molecular weight is 298 g/mol. The number of aromatic nitrogens is 1. The van der Waals surface area contributed by atoms with Crippen LogP contribution in [0.3, 0.4) is 0 Å². The molecule has 0 saturated carbocycles. The van der Waals surface area contributed by atoms with E-state index in [0.717, 1.165) is 0 Å². The van der Waals surface area contributed by atoms with Gasteiger partial charge in [-0.3, -0.25) is 4.79 Å². The van der Waals surface area contributed by atoms with Crippen LogP contribution in [0.15, 0.2) is 48.7 Å². The second-order valence-corrected chi connectivity index (χ2v) is 4.62. The summed E-state index contributed by atoms with van der Waals surface area (Å²) in [5, 5.41) is 11.0. The second kappa shape index (κ2) is 5.33. The second-order valence-electron chi connectivity index (χ2n) is 4.62. The maximum Gasteiger partial charge on any atom is 0.271 e. The van der Waals surface area contributed by atoms with E-state index in [-0.39, 0.29) is 17.3 Å². The van der Waals surface area contributed by atoms with Gasteiger partial charge in [0.15, 0.2) is 11.4 Å². The standard InChI is InChI=1S/C16H11FN2O3/c17-10-1-3-11(4-2-10)22-12-5-6-13-9(7-12)8-19-14(15(13)20)16(18)21/h1-8,20H,(H2,18,21). The van der Waals surface area contributed by atoms with Crippen LogP contribution < -0.4 is 10.5 Å². The Bertz CT molecular complexity index is 863. The van der Waals surface area contributed by atoms with Crippen molar-refractivity contribution in [3.63, 3.8) is 0 Å². The third kappa shape index (κ3) is 2.54. The predicted molar refractivity (Wildman–Crippen MR) is 78.4 cm³/mol. The van der Waals surface area contributed by atoms with Crippen molar-refractivity contribution in [2.75, 3.05) is 0 Å². The van der Waals surface area contributed by atoms with Gasteiger partial charge in [-0.1, -0.05) is 0 Å². The monoisotopic (exact) mass is 298 g/mol. The zero-order valence-corrected chi connectivity index (χ0v) is 11.3. The summed E-state index contributed by atoms with van der Waals surface area (Å²) in [6.07, 6.45) is 1.42. The first-order valence-corrected chi connectivity index (χ1v) is 6.39. The summed E-state index contributed by atoms with van der Waals surface area (Å²) in [7, 11) is 0. The number of hydrogen-bond acceptors (Lipinski definition) is 4. The quantitative estimate of drug-likeness (QED) is 0.778. The van der Waals surface area contributed by atoms with E-state index in [2.05, 4.69) is 4.98 Å². The number of nitrogens with zero attached hydrogens (tertiary/aromatic N) is 1. The Morgan fingerprint density at radius 2 is 1.82 bits per heavy atom. The topological polar surface area (TPSA) is 85.4 Å². The Hall–Kier alpha value is -3.15. The Kier molecular flexibility index (Phi) is 3.34. The Morgan fingerprint density at radius 3 is 2.50 bits per heavy atom. The van der Waals surface area contributed by atoms with E-state index in [0.29, 0.717) is 22.3 Å². The molecule has 0 aliphatic rings. The van der Waals surface area contributed by atoms with Crippen LogP contribution in [-0.2, 0) is 0 Å². The third-order valence-corrected chi connectivity index (χ3v) is 3.12. The van der Waals surface area contributed by atoms with Gasteiger partial charge in [0.25, 0.3) is 5.91 Å². The summed E-state index contributed by atoms with van der Waals surface area (Å²) in [4.78, 5) is 15.0. The molecule has 3 rings (SSSR count). The van der Waals surface area contributed by atoms with Gasteiger partial charge in [-0.2, -0.15) is 0 Å². The lowest BCUT2D eigenvalue weighted by atomic mass is 10.1. The van der Waals surface area contributed by atoms with Gasteiger partial charge >= 0.3 is 0 Å². The first-order valence-electron chi connectivity index (χ1n) is 6.39. The Morgan fingerprint density at radius 1 is 1.14 bits per heavy atom. The number of carbonyl (C=O) groups is 1. The normalized spacial score (nSPS) is 10.6. The molecule has 22 heavy (non-hydrogen) atoms. The molecule has 0 aliphatic heterocycles. The van der Waals surface area contributed by atoms with Gasteiger partial charge in [0.05, 0.1) is 0 Å². The van der Waals surface area contributed by atoms with Crippen molar-refractivity contribution in [3.05, 3.63) is 60.2 Å². The molecule has 0 spiro atoms. The van der Waals surface area contributed by atoms with Gasteiger partial charge < -0.3 is 15.6 Å². The summed E-state index contributed by atoms with van der Waals surface area (Å²) >= 11 is 0.